The van der Waals surface area contributed by atoms with Crippen molar-refractivity contribution in [1.29, 1.82) is 0 Å². The predicted octanol–water partition coefficient (Wildman–Crippen LogP) is 1.60. The summed E-state index contributed by atoms with van der Waals surface area (Å²) >= 11 is 0. The maximum Gasteiger partial charge on any atom is 0.311 e. The van der Waals surface area contributed by atoms with Crippen LogP contribution in [0.15, 0.2) is 22.6 Å². The van der Waals surface area contributed by atoms with Gasteiger partial charge in [0, 0.05) is 19.6 Å². The molecule has 2 atom stereocenters. The number of carbonyl (C=O) groups is 1. The van der Waals surface area contributed by atoms with Crippen LogP contribution in [-0.2, 0) is 10.0 Å². The number of amides is 1. The van der Waals surface area contributed by atoms with E-state index in [4.69, 9.17) is 4.42 Å². The first-order valence-electron chi connectivity index (χ1n) is 9.47. The molecule has 29 heavy (non-hydrogen) atoms. The lowest BCUT2D eigenvalue weighted by Gasteiger charge is -2.13. The molecule has 2 aliphatic rings. The molecular weight excluding hydrogens is 401 g/mol. The number of sulfonamides is 1. The molecule has 1 aromatic carbocycles. The van der Waals surface area contributed by atoms with Crippen LogP contribution >= 0.6 is 0 Å². The van der Waals surface area contributed by atoms with Crippen molar-refractivity contribution in [2.75, 3.05) is 24.4 Å². The fraction of sp³-hybridized carbons (Fsp3) is 0.500. The van der Waals surface area contributed by atoms with E-state index in [9.17, 15) is 17.6 Å². The predicted molar refractivity (Wildman–Crippen MR) is 102 cm³/mol. The number of halogens is 1. The van der Waals surface area contributed by atoms with Gasteiger partial charge in [0.2, 0.25) is 15.9 Å². The summed E-state index contributed by atoms with van der Waals surface area (Å²) < 4.78 is 46.9. The maximum absolute atomic E-state index is 13.7. The Hall–Kier alpha value is -2.53. The molecule has 0 aliphatic carbocycles. The van der Waals surface area contributed by atoms with Crippen LogP contribution in [0.2, 0.25) is 0 Å². The van der Waals surface area contributed by atoms with Crippen molar-refractivity contribution in [3.05, 3.63) is 41.4 Å². The minimum atomic E-state index is -3.75. The molecule has 0 saturated carbocycles. The average molecular weight is 423 g/mol. The molecule has 4 rings (SSSR count). The summed E-state index contributed by atoms with van der Waals surface area (Å²) in [5, 5.41) is 10.0. The number of aromatic nitrogens is 2. The summed E-state index contributed by atoms with van der Waals surface area (Å²) in [6.45, 7) is 3.12. The number of nitrogens with zero attached hydrogens (tertiary/aromatic N) is 3. The Morgan fingerprint density at radius 3 is 2.79 bits per heavy atom. The third-order valence-corrected chi connectivity index (χ3v) is 7.03. The highest BCUT2D eigenvalue weighted by Gasteiger charge is 2.38. The van der Waals surface area contributed by atoms with Crippen molar-refractivity contribution >= 4 is 21.6 Å². The van der Waals surface area contributed by atoms with E-state index in [-0.39, 0.29) is 36.3 Å². The Morgan fingerprint density at radius 2 is 2.07 bits per heavy atom. The number of nitrogens with one attached hydrogen (secondary N) is 2. The van der Waals surface area contributed by atoms with Gasteiger partial charge < -0.3 is 14.6 Å². The highest BCUT2D eigenvalue weighted by atomic mass is 32.2. The van der Waals surface area contributed by atoms with Crippen LogP contribution in [0.3, 0.4) is 0 Å². The summed E-state index contributed by atoms with van der Waals surface area (Å²) in [6.07, 6.45) is 2.10. The van der Waals surface area contributed by atoms with Gasteiger partial charge in [0.25, 0.3) is 0 Å². The molecule has 9 nitrogen and oxygen atoms in total. The first-order chi connectivity index (χ1) is 13.8. The average Bonchev–Trinajstić information content (AvgIpc) is 3.44. The molecule has 0 spiro atoms. The van der Waals surface area contributed by atoms with Gasteiger partial charge in [-0.25, -0.2) is 12.8 Å². The van der Waals surface area contributed by atoms with E-state index >= 15 is 0 Å². The molecule has 2 N–H and O–H groups in total. The van der Waals surface area contributed by atoms with Gasteiger partial charge in [-0.05, 0) is 43.9 Å². The Labute approximate surface area is 167 Å². The van der Waals surface area contributed by atoms with Crippen LogP contribution in [0.5, 0.6) is 0 Å². The molecule has 2 aromatic rings. The van der Waals surface area contributed by atoms with Gasteiger partial charge in [-0.1, -0.05) is 6.07 Å². The molecule has 2 saturated heterocycles. The van der Waals surface area contributed by atoms with E-state index in [1.54, 1.807) is 11.8 Å². The topological polar surface area (TPSA) is 117 Å². The first-order valence-corrected chi connectivity index (χ1v) is 11.0. The van der Waals surface area contributed by atoms with E-state index < -0.39 is 27.1 Å². The Morgan fingerprint density at radius 1 is 1.31 bits per heavy atom. The third kappa shape index (κ3) is 4.10. The van der Waals surface area contributed by atoms with Crippen molar-refractivity contribution in [2.45, 2.75) is 37.5 Å². The second kappa shape index (κ2) is 7.71. The van der Waals surface area contributed by atoms with E-state index in [0.717, 1.165) is 18.9 Å². The van der Waals surface area contributed by atoms with Crippen LogP contribution in [0, 0.1) is 12.7 Å². The maximum atomic E-state index is 13.7. The monoisotopic (exact) mass is 423 g/mol. The van der Waals surface area contributed by atoms with Gasteiger partial charge >= 0.3 is 11.8 Å². The SMILES string of the molecule is Cc1ccc(NS(=O)(=O)C2CNC(c3nnc(C(=O)N4CCCC4)o3)C2)cc1F. The highest BCUT2D eigenvalue weighted by molar-refractivity contribution is 7.93. The molecule has 1 amide bonds. The van der Waals surface area contributed by atoms with Crippen molar-refractivity contribution in [3.63, 3.8) is 0 Å². The minimum Gasteiger partial charge on any atom is -0.415 e. The van der Waals surface area contributed by atoms with E-state index in [0.29, 0.717) is 18.7 Å². The molecule has 11 heteroatoms. The second-order valence-electron chi connectivity index (χ2n) is 7.37. The zero-order valence-electron chi connectivity index (χ0n) is 15.9. The van der Waals surface area contributed by atoms with Gasteiger partial charge in [-0.2, -0.15) is 0 Å². The van der Waals surface area contributed by atoms with Gasteiger partial charge in [0.15, 0.2) is 0 Å². The van der Waals surface area contributed by atoms with Crippen LogP contribution in [0.1, 0.15) is 47.4 Å². The van der Waals surface area contributed by atoms with Crippen molar-refractivity contribution in [2.24, 2.45) is 0 Å². The fourth-order valence-electron chi connectivity index (χ4n) is 3.55. The lowest BCUT2D eigenvalue weighted by atomic mass is 10.2. The summed E-state index contributed by atoms with van der Waals surface area (Å²) in [5.74, 6) is -0.671. The lowest BCUT2D eigenvalue weighted by Crippen LogP contribution is -2.29. The number of likely N-dealkylation sites (tertiary alicyclic amines) is 1. The summed E-state index contributed by atoms with van der Waals surface area (Å²) in [7, 11) is -3.75. The Balaban J connectivity index is 1.42. The van der Waals surface area contributed by atoms with Crippen molar-refractivity contribution in [3.8, 4) is 0 Å². The number of carbonyl (C=O) groups excluding carboxylic acids is 1. The quantitative estimate of drug-likeness (QED) is 0.750. The minimum absolute atomic E-state index is 0.0803. The zero-order chi connectivity index (χ0) is 20.6. The van der Waals surface area contributed by atoms with E-state index in [2.05, 4.69) is 20.2 Å². The highest BCUT2D eigenvalue weighted by Crippen LogP contribution is 2.28. The van der Waals surface area contributed by atoms with Gasteiger partial charge in [-0.15, -0.1) is 10.2 Å². The van der Waals surface area contributed by atoms with E-state index in [1.807, 2.05) is 0 Å². The summed E-state index contributed by atoms with van der Waals surface area (Å²) in [4.78, 5) is 14.0. The molecular formula is C18H22FN5O4S. The lowest BCUT2D eigenvalue weighted by molar-refractivity contribution is 0.0750. The first kappa shape index (κ1) is 19.8. The molecule has 3 heterocycles. The number of hydrogen-bond donors (Lipinski definition) is 2. The van der Waals surface area contributed by atoms with Gasteiger partial charge in [0.1, 0.15) is 5.82 Å². The number of anilines is 1. The summed E-state index contributed by atoms with van der Waals surface area (Å²) in [5.41, 5.74) is 0.610. The zero-order valence-corrected chi connectivity index (χ0v) is 16.7. The third-order valence-electron chi connectivity index (χ3n) is 5.28. The van der Waals surface area contributed by atoms with Crippen LogP contribution in [-0.4, -0.2) is 54.3 Å². The van der Waals surface area contributed by atoms with Crippen LogP contribution in [0.25, 0.3) is 0 Å². The normalized spacial score (nSPS) is 22.2. The molecule has 2 fully saturated rings. The number of benzene rings is 1. The van der Waals surface area contributed by atoms with Gasteiger partial charge in [0.05, 0.1) is 17.0 Å². The number of rotatable bonds is 5. The molecule has 156 valence electrons. The molecule has 0 radical (unpaired) electrons. The van der Waals surface area contributed by atoms with Crippen molar-refractivity contribution in [1.82, 2.24) is 20.4 Å². The smallest absolute Gasteiger partial charge is 0.311 e. The van der Waals surface area contributed by atoms with Gasteiger partial charge in [-0.3, -0.25) is 9.52 Å². The molecule has 1 aromatic heterocycles. The van der Waals surface area contributed by atoms with E-state index in [1.165, 1.54) is 12.1 Å². The number of aryl methyl sites for hydroxylation is 1. The molecule has 2 unspecified atom stereocenters. The molecule has 2 aliphatic heterocycles. The Bertz CT molecular complexity index is 1020. The summed E-state index contributed by atoms with van der Waals surface area (Å²) in [6, 6.07) is 3.71. The van der Waals surface area contributed by atoms with Crippen molar-refractivity contribution < 1.29 is 22.0 Å². The fourth-order valence-corrected chi connectivity index (χ4v) is 4.93. The largest absolute Gasteiger partial charge is 0.415 e. The number of hydrogen-bond acceptors (Lipinski definition) is 7. The molecule has 0 bridgehead atoms. The Kier molecular flexibility index (Phi) is 5.26. The van der Waals surface area contributed by atoms with Crippen LogP contribution < -0.4 is 10.0 Å². The van der Waals surface area contributed by atoms with Crippen LogP contribution in [0.4, 0.5) is 10.1 Å². The standard InChI is InChI=1S/C18H22FN5O4S/c1-11-4-5-12(8-14(11)19)23-29(26,27)13-9-15(20-10-13)16-21-22-17(28-16)18(25)24-6-2-3-7-24/h4-5,8,13,15,20,23H,2-3,6-7,9-10H2,1H3. The second-order valence-corrected chi connectivity index (χ2v) is 9.34.